The van der Waals surface area contributed by atoms with Gasteiger partial charge in [0.25, 0.3) is 0 Å². The summed E-state index contributed by atoms with van der Waals surface area (Å²) in [6.45, 7) is 0. The van der Waals surface area contributed by atoms with E-state index in [0.717, 1.165) is 0 Å². The predicted molar refractivity (Wildman–Crippen MR) is 40.9 cm³/mol. The molecule has 0 saturated heterocycles. The van der Waals surface area contributed by atoms with Crippen LogP contribution in [0, 0.1) is 5.53 Å². The highest BCUT2D eigenvalue weighted by atomic mass is 16.7. The second-order valence-electron chi connectivity index (χ2n) is 2.06. The molecule has 0 atom stereocenters. The minimum atomic E-state index is -0.605. The summed E-state index contributed by atoms with van der Waals surface area (Å²) in [5.41, 5.74) is 7.46. The van der Waals surface area contributed by atoms with Gasteiger partial charge in [-0.25, -0.2) is 10.3 Å². The number of hydrogen-bond acceptors (Lipinski definition) is 5. The molecule has 0 bridgehead atoms. The third-order valence-electron chi connectivity index (χ3n) is 1.34. The van der Waals surface area contributed by atoms with Gasteiger partial charge in [-0.15, -0.1) is 0 Å². The van der Waals surface area contributed by atoms with Gasteiger partial charge in [0.2, 0.25) is 0 Å². The molecule has 1 aromatic carbocycles. The van der Waals surface area contributed by atoms with Crippen LogP contribution in [-0.4, -0.2) is 5.97 Å². The summed E-state index contributed by atoms with van der Waals surface area (Å²) in [6, 6.07) is 6.03. The molecule has 5 nitrogen and oxygen atoms in total. The van der Waals surface area contributed by atoms with Gasteiger partial charge in [0.1, 0.15) is 0 Å². The summed E-state index contributed by atoms with van der Waals surface area (Å²) in [4.78, 5) is 14.8. The fraction of sp³-hybridized carbons (Fsp3) is 0. The Kier molecular flexibility index (Phi) is 2.49. The Labute approximate surface area is 68.6 Å². The van der Waals surface area contributed by atoms with Crippen LogP contribution >= 0.6 is 0 Å². The number of hydrogen-bond donors (Lipinski definition) is 2. The number of carbonyl (C=O) groups is 1. The van der Waals surface area contributed by atoms with Crippen molar-refractivity contribution in [3.8, 4) is 0 Å². The molecule has 1 aromatic rings. The molecule has 0 radical (unpaired) electrons. The molecule has 12 heavy (non-hydrogen) atoms. The zero-order valence-electron chi connectivity index (χ0n) is 6.15. The first kappa shape index (κ1) is 8.35. The SMILES string of the molecule is N=Nc1ccc(C(=O)ON)cc1. The van der Waals surface area contributed by atoms with E-state index in [4.69, 9.17) is 5.53 Å². The van der Waals surface area contributed by atoms with Crippen LogP contribution in [0.5, 0.6) is 0 Å². The molecule has 5 heteroatoms. The van der Waals surface area contributed by atoms with E-state index in [1.54, 1.807) is 0 Å². The van der Waals surface area contributed by atoms with Crippen molar-refractivity contribution in [3.05, 3.63) is 29.8 Å². The quantitative estimate of drug-likeness (QED) is 0.512. The Morgan fingerprint density at radius 2 is 2.00 bits per heavy atom. The lowest BCUT2D eigenvalue weighted by Crippen LogP contribution is -2.09. The average Bonchev–Trinajstić information content (AvgIpc) is 2.17. The molecular formula is C7H7N3O2. The first-order valence-corrected chi connectivity index (χ1v) is 3.16. The molecule has 0 saturated carbocycles. The van der Waals surface area contributed by atoms with Crippen molar-refractivity contribution >= 4 is 11.7 Å². The van der Waals surface area contributed by atoms with Crippen LogP contribution in [-0.2, 0) is 4.84 Å². The largest absolute Gasteiger partial charge is 0.370 e. The van der Waals surface area contributed by atoms with Crippen molar-refractivity contribution in [1.29, 1.82) is 5.53 Å². The van der Waals surface area contributed by atoms with E-state index in [9.17, 15) is 4.79 Å². The first-order valence-electron chi connectivity index (χ1n) is 3.16. The molecule has 1 rings (SSSR count). The van der Waals surface area contributed by atoms with Crippen molar-refractivity contribution in [2.45, 2.75) is 0 Å². The van der Waals surface area contributed by atoms with Gasteiger partial charge in [0, 0.05) is 0 Å². The summed E-state index contributed by atoms with van der Waals surface area (Å²) in [6.07, 6.45) is 0. The first-order chi connectivity index (χ1) is 5.77. The van der Waals surface area contributed by atoms with Crippen molar-refractivity contribution < 1.29 is 9.63 Å². The molecule has 0 aliphatic rings. The second kappa shape index (κ2) is 3.59. The van der Waals surface area contributed by atoms with E-state index in [0.29, 0.717) is 11.3 Å². The lowest BCUT2D eigenvalue weighted by molar-refractivity contribution is 0.0503. The number of nitrogens with zero attached hydrogens (tertiary/aromatic N) is 1. The maximum absolute atomic E-state index is 10.8. The number of benzene rings is 1. The molecule has 0 aliphatic carbocycles. The van der Waals surface area contributed by atoms with E-state index in [1.807, 2.05) is 0 Å². The average molecular weight is 165 g/mol. The summed E-state index contributed by atoms with van der Waals surface area (Å²) < 4.78 is 0. The van der Waals surface area contributed by atoms with E-state index in [2.05, 4.69) is 15.8 Å². The molecule has 0 spiro atoms. The molecule has 62 valence electrons. The fourth-order valence-electron chi connectivity index (χ4n) is 0.740. The summed E-state index contributed by atoms with van der Waals surface area (Å²) >= 11 is 0. The normalized spacial score (nSPS) is 9.08. The topological polar surface area (TPSA) is 88.5 Å². The van der Waals surface area contributed by atoms with E-state index in [-0.39, 0.29) is 0 Å². The molecular weight excluding hydrogens is 158 g/mol. The molecule has 0 amide bonds. The molecule has 3 N–H and O–H groups in total. The van der Waals surface area contributed by atoms with E-state index < -0.39 is 5.97 Å². The molecule has 0 fully saturated rings. The molecule has 0 unspecified atom stereocenters. The number of nitrogens with two attached hydrogens (primary N) is 1. The fourth-order valence-corrected chi connectivity index (χ4v) is 0.740. The zero-order valence-corrected chi connectivity index (χ0v) is 6.15. The van der Waals surface area contributed by atoms with Crippen LogP contribution in [0.3, 0.4) is 0 Å². The Morgan fingerprint density at radius 1 is 1.42 bits per heavy atom. The standard InChI is InChI=1S/C7H7N3O2/c8-10-6-3-1-5(2-4-6)7(11)12-9/h1-4,8H,9H2. The number of rotatable bonds is 2. The Morgan fingerprint density at radius 3 is 2.42 bits per heavy atom. The van der Waals surface area contributed by atoms with Gasteiger partial charge >= 0.3 is 5.97 Å². The highest BCUT2D eigenvalue weighted by Crippen LogP contribution is 2.12. The summed E-state index contributed by atoms with van der Waals surface area (Å²) in [7, 11) is 0. The minimum absolute atomic E-state index is 0.338. The summed E-state index contributed by atoms with van der Waals surface area (Å²) in [5, 5.41) is 3.16. The highest BCUT2D eigenvalue weighted by Gasteiger charge is 2.03. The van der Waals surface area contributed by atoms with Crippen LogP contribution < -0.4 is 5.90 Å². The Hall–Kier alpha value is -1.75. The molecule has 0 heterocycles. The zero-order chi connectivity index (χ0) is 8.97. The minimum Gasteiger partial charge on any atom is -0.370 e. The monoisotopic (exact) mass is 165 g/mol. The van der Waals surface area contributed by atoms with E-state index >= 15 is 0 Å². The van der Waals surface area contributed by atoms with Crippen molar-refractivity contribution in [2.24, 2.45) is 11.0 Å². The Balaban J connectivity index is 2.91. The third kappa shape index (κ3) is 1.64. The highest BCUT2D eigenvalue weighted by molar-refractivity contribution is 5.89. The smallest absolute Gasteiger partial charge is 0.356 e. The van der Waals surface area contributed by atoms with Crippen molar-refractivity contribution in [3.63, 3.8) is 0 Å². The van der Waals surface area contributed by atoms with Crippen LogP contribution in [0.4, 0.5) is 5.69 Å². The second-order valence-corrected chi connectivity index (χ2v) is 2.06. The maximum Gasteiger partial charge on any atom is 0.356 e. The van der Waals surface area contributed by atoms with Gasteiger partial charge in [-0.05, 0) is 24.3 Å². The van der Waals surface area contributed by atoms with Crippen molar-refractivity contribution in [2.75, 3.05) is 0 Å². The number of nitrogens with one attached hydrogen (secondary N) is 1. The van der Waals surface area contributed by atoms with Crippen molar-refractivity contribution in [1.82, 2.24) is 0 Å². The van der Waals surface area contributed by atoms with Gasteiger partial charge in [-0.2, -0.15) is 11.0 Å². The predicted octanol–water partition coefficient (Wildman–Crippen LogP) is 1.38. The lowest BCUT2D eigenvalue weighted by Gasteiger charge is -1.96. The van der Waals surface area contributed by atoms with Gasteiger partial charge < -0.3 is 4.84 Å². The van der Waals surface area contributed by atoms with Gasteiger partial charge in [0.15, 0.2) is 0 Å². The van der Waals surface area contributed by atoms with Gasteiger partial charge in [-0.1, -0.05) is 0 Å². The molecule has 0 aliphatic heterocycles. The van der Waals surface area contributed by atoms with Gasteiger partial charge in [0.05, 0.1) is 11.3 Å². The van der Waals surface area contributed by atoms with Crippen LogP contribution in [0.25, 0.3) is 0 Å². The van der Waals surface area contributed by atoms with Gasteiger partial charge in [-0.3, -0.25) is 0 Å². The van der Waals surface area contributed by atoms with Crippen LogP contribution in [0.1, 0.15) is 10.4 Å². The van der Waals surface area contributed by atoms with E-state index in [1.165, 1.54) is 24.3 Å². The number of carbonyl (C=O) groups excluding carboxylic acids is 1. The summed E-state index contributed by atoms with van der Waals surface area (Å²) in [5.74, 6) is 4.06. The Bertz CT molecular complexity index is 294. The third-order valence-corrected chi connectivity index (χ3v) is 1.34. The molecule has 0 aromatic heterocycles. The lowest BCUT2D eigenvalue weighted by atomic mass is 10.2. The van der Waals surface area contributed by atoms with Crippen LogP contribution in [0.15, 0.2) is 29.4 Å². The maximum atomic E-state index is 10.8. The van der Waals surface area contributed by atoms with Crippen LogP contribution in [0.2, 0.25) is 0 Å².